The summed E-state index contributed by atoms with van der Waals surface area (Å²) in [5.41, 5.74) is 5.92. The SMILES string of the molecule is C[C@H]1C[C@@H](NC(=O)c2ccc3c(c2)CN(C(=O)CN2Cc4cc5c(cc4C2)C(=O)N(C2CCC(=O)NC2=O)C5=O)C3)CN1c1ccc(C#N)c(Cl)c1. The Labute approximate surface area is 304 Å². The average molecular weight is 720 g/mol. The van der Waals surface area contributed by atoms with Crippen LogP contribution in [0.1, 0.15) is 85.1 Å². The molecule has 5 aliphatic rings. The van der Waals surface area contributed by atoms with E-state index in [4.69, 9.17) is 11.6 Å². The second-order valence-corrected chi connectivity index (χ2v) is 14.6. The molecule has 2 saturated heterocycles. The van der Waals surface area contributed by atoms with Crippen LogP contribution in [0.5, 0.6) is 0 Å². The fraction of sp³-hybridized carbons (Fsp3) is 0.342. The van der Waals surface area contributed by atoms with Crippen LogP contribution in [0.3, 0.4) is 0 Å². The van der Waals surface area contributed by atoms with Crippen molar-refractivity contribution in [1.82, 2.24) is 25.3 Å². The number of carbonyl (C=O) groups is 6. The highest BCUT2D eigenvalue weighted by atomic mass is 35.5. The first-order chi connectivity index (χ1) is 25.0. The van der Waals surface area contributed by atoms with Gasteiger partial charge in [0.2, 0.25) is 17.7 Å². The average Bonchev–Trinajstić information content (AvgIpc) is 3.87. The summed E-state index contributed by atoms with van der Waals surface area (Å²) in [6, 6.07) is 15.4. The Morgan fingerprint density at radius 1 is 0.923 bits per heavy atom. The Balaban J connectivity index is 0.863. The first-order valence-electron chi connectivity index (χ1n) is 17.2. The van der Waals surface area contributed by atoms with Crippen LogP contribution in [0.15, 0.2) is 48.5 Å². The van der Waals surface area contributed by atoms with Crippen molar-refractivity contribution >= 4 is 52.7 Å². The van der Waals surface area contributed by atoms with Gasteiger partial charge in [-0.2, -0.15) is 5.26 Å². The summed E-state index contributed by atoms with van der Waals surface area (Å²) in [6.45, 7) is 4.52. The number of benzene rings is 3. The number of nitrogens with one attached hydrogen (secondary N) is 2. The molecule has 1 unspecified atom stereocenters. The molecule has 5 aliphatic heterocycles. The van der Waals surface area contributed by atoms with Crippen LogP contribution in [0.4, 0.5) is 5.69 Å². The van der Waals surface area contributed by atoms with Gasteiger partial charge >= 0.3 is 0 Å². The molecule has 3 aromatic rings. The molecule has 2 N–H and O–H groups in total. The lowest BCUT2D eigenvalue weighted by Gasteiger charge is -2.27. The summed E-state index contributed by atoms with van der Waals surface area (Å²) in [6.07, 6.45) is 0.908. The van der Waals surface area contributed by atoms with E-state index in [1.54, 1.807) is 35.2 Å². The van der Waals surface area contributed by atoms with Crippen molar-refractivity contribution in [1.29, 1.82) is 5.26 Å². The zero-order valence-corrected chi connectivity index (χ0v) is 29.0. The van der Waals surface area contributed by atoms with E-state index in [0.29, 0.717) is 48.9 Å². The van der Waals surface area contributed by atoms with Gasteiger partial charge in [0.1, 0.15) is 12.1 Å². The van der Waals surface area contributed by atoms with Gasteiger partial charge in [0.05, 0.1) is 28.3 Å². The molecule has 264 valence electrons. The minimum Gasteiger partial charge on any atom is -0.367 e. The van der Waals surface area contributed by atoms with E-state index in [2.05, 4.69) is 28.5 Å². The first-order valence-corrected chi connectivity index (χ1v) is 17.6. The quantitative estimate of drug-likeness (QED) is 0.365. The fourth-order valence-corrected chi connectivity index (χ4v) is 8.31. The summed E-state index contributed by atoms with van der Waals surface area (Å²) in [4.78, 5) is 84.2. The molecular weight excluding hydrogens is 686 g/mol. The van der Waals surface area contributed by atoms with Crippen molar-refractivity contribution in [2.75, 3.05) is 18.0 Å². The normalized spacial score (nSPS) is 22.3. The lowest BCUT2D eigenvalue weighted by molar-refractivity contribution is -0.136. The number of nitrogens with zero attached hydrogens (tertiary/aromatic N) is 5. The smallest absolute Gasteiger partial charge is 0.262 e. The lowest BCUT2D eigenvalue weighted by Crippen LogP contribution is -2.54. The molecule has 5 heterocycles. The highest BCUT2D eigenvalue weighted by Gasteiger charge is 2.45. The zero-order chi connectivity index (χ0) is 36.4. The third kappa shape index (κ3) is 5.87. The van der Waals surface area contributed by atoms with Crippen molar-refractivity contribution < 1.29 is 28.8 Å². The number of hydrogen-bond donors (Lipinski definition) is 2. The van der Waals surface area contributed by atoms with Gasteiger partial charge in [-0.05, 0) is 84.5 Å². The van der Waals surface area contributed by atoms with Gasteiger partial charge in [0, 0.05) is 62.5 Å². The van der Waals surface area contributed by atoms with E-state index >= 15 is 0 Å². The van der Waals surface area contributed by atoms with Crippen LogP contribution < -0.4 is 15.5 Å². The third-order valence-electron chi connectivity index (χ3n) is 10.8. The summed E-state index contributed by atoms with van der Waals surface area (Å²) in [5.74, 6) is -2.42. The standard InChI is InChI=1S/C38H34ClN7O6/c1-20-8-27(18-45(20)28-5-4-22(13-40)31(39)12-28)41-35(49)21-2-3-23-16-44(17-24(23)9-21)34(48)19-43-14-25-10-29-30(11-26(25)15-43)38(52)46(37(29)51)32-6-7-33(47)42-36(32)50/h2-5,9-12,20,27,32H,6-8,14-19H2,1H3,(H,41,49)(H,42,47,50)/t20-,27+,32?/m0/s1. The van der Waals surface area contributed by atoms with E-state index < -0.39 is 29.7 Å². The van der Waals surface area contributed by atoms with Crippen molar-refractivity contribution in [3.8, 4) is 6.07 Å². The molecule has 6 amide bonds. The molecule has 3 aromatic carbocycles. The second kappa shape index (κ2) is 12.9. The fourth-order valence-electron chi connectivity index (χ4n) is 8.09. The molecule has 0 spiro atoms. The minimum atomic E-state index is -1.02. The van der Waals surface area contributed by atoms with E-state index in [1.807, 2.05) is 23.1 Å². The zero-order valence-electron chi connectivity index (χ0n) is 28.3. The number of anilines is 1. The van der Waals surface area contributed by atoms with Crippen LogP contribution in [0.2, 0.25) is 5.02 Å². The molecule has 13 nitrogen and oxygen atoms in total. The largest absolute Gasteiger partial charge is 0.367 e. The molecule has 0 aromatic heterocycles. The number of nitriles is 1. The number of hydrogen-bond acceptors (Lipinski definition) is 9. The maximum absolute atomic E-state index is 13.5. The van der Waals surface area contributed by atoms with Crippen LogP contribution in [0, 0.1) is 11.3 Å². The summed E-state index contributed by atoms with van der Waals surface area (Å²) >= 11 is 6.27. The van der Waals surface area contributed by atoms with Crippen LogP contribution in [0.25, 0.3) is 0 Å². The molecule has 52 heavy (non-hydrogen) atoms. The number of amides is 6. The maximum Gasteiger partial charge on any atom is 0.262 e. The second-order valence-electron chi connectivity index (χ2n) is 14.2. The minimum absolute atomic E-state index is 0.0558. The Hall–Kier alpha value is -5.58. The molecule has 14 heteroatoms. The molecule has 8 rings (SSSR count). The van der Waals surface area contributed by atoms with Crippen LogP contribution >= 0.6 is 11.6 Å². The van der Waals surface area contributed by atoms with Gasteiger partial charge < -0.3 is 15.1 Å². The Morgan fingerprint density at radius 3 is 2.29 bits per heavy atom. The van der Waals surface area contributed by atoms with Gasteiger partial charge in [-0.1, -0.05) is 17.7 Å². The summed E-state index contributed by atoms with van der Waals surface area (Å²) in [5, 5.41) is 15.0. The highest BCUT2D eigenvalue weighted by molar-refractivity contribution is 6.32. The molecular formula is C38H34ClN7O6. The summed E-state index contributed by atoms with van der Waals surface area (Å²) in [7, 11) is 0. The monoisotopic (exact) mass is 719 g/mol. The topological polar surface area (TPSA) is 163 Å². The van der Waals surface area contributed by atoms with Crippen molar-refractivity contribution in [3.05, 3.63) is 98.1 Å². The molecule has 0 saturated carbocycles. The third-order valence-corrected chi connectivity index (χ3v) is 11.1. The van der Waals surface area contributed by atoms with Gasteiger partial charge in [-0.3, -0.25) is 43.9 Å². The number of imide groups is 2. The molecule has 2 fully saturated rings. The van der Waals surface area contributed by atoms with E-state index in [1.165, 1.54) is 0 Å². The first kappa shape index (κ1) is 33.6. The van der Waals surface area contributed by atoms with E-state index in [9.17, 15) is 34.0 Å². The van der Waals surface area contributed by atoms with Crippen molar-refractivity contribution in [2.45, 2.75) is 70.5 Å². The van der Waals surface area contributed by atoms with Crippen LogP contribution in [-0.4, -0.2) is 81.4 Å². The predicted octanol–water partition coefficient (Wildman–Crippen LogP) is 2.87. The van der Waals surface area contributed by atoms with Gasteiger partial charge in [0.25, 0.3) is 17.7 Å². The Bertz CT molecular complexity index is 2120. The number of halogens is 1. The van der Waals surface area contributed by atoms with E-state index in [0.717, 1.165) is 39.3 Å². The molecule has 0 aliphatic carbocycles. The number of carbonyl (C=O) groups excluding carboxylic acids is 6. The molecule has 0 bridgehead atoms. The molecule has 0 radical (unpaired) electrons. The van der Waals surface area contributed by atoms with Gasteiger partial charge in [-0.15, -0.1) is 0 Å². The van der Waals surface area contributed by atoms with Crippen molar-refractivity contribution in [2.24, 2.45) is 0 Å². The maximum atomic E-state index is 13.5. The number of piperidine rings is 1. The Morgan fingerprint density at radius 2 is 1.62 bits per heavy atom. The Kier molecular flexibility index (Phi) is 8.31. The number of fused-ring (bicyclic) bond motifs is 3. The van der Waals surface area contributed by atoms with E-state index in [-0.39, 0.29) is 54.4 Å². The summed E-state index contributed by atoms with van der Waals surface area (Å²) < 4.78 is 0. The lowest BCUT2D eigenvalue weighted by atomic mass is 10.0. The van der Waals surface area contributed by atoms with Crippen LogP contribution in [-0.2, 0) is 40.6 Å². The van der Waals surface area contributed by atoms with Gasteiger partial charge in [-0.25, -0.2) is 0 Å². The predicted molar refractivity (Wildman–Crippen MR) is 187 cm³/mol. The highest BCUT2D eigenvalue weighted by Crippen LogP contribution is 2.34. The van der Waals surface area contributed by atoms with Gasteiger partial charge in [0.15, 0.2) is 0 Å². The molecule has 3 atom stereocenters. The van der Waals surface area contributed by atoms with Crippen molar-refractivity contribution in [3.63, 3.8) is 0 Å². The number of rotatable bonds is 6.